The van der Waals surface area contributed by atoms with E-state index in [0.717, 1.165) is 37.4 Å². The predicted molar refractivity (Wildman–Crippen MR) is 106 cm³/mol. The van der Waals surface area contributed by atoms with Crippen LogP contribution < -0.4 is 15.4 Å². The molecule has 1 fully saturated rings. The molecule has 0 aliphatic carbocycles. The molecule has 1 aliphatic rings. The first-order chi connectivity index (χ1) is 13.2. The van der Waals surface area contributed by atoms with Gasteiger partial charge in [0.15, 0.2) is 0 Å². The van der Waals surface area contributed by atoms with Crippen molar-refractivity contribution in [2.45, 2.75) is 19.3 Å². The number of amides is 2. The van der Waals surface area contributed by atoms with Crippen molar-refractivity contribution in [2.75, 3.05) is 37.4 Å². The highest BCUT2D eigenvalue weighted by atomic mass is 16.5. The van der Waals surface area contributed by atoms with Crippen LogP contribution in [0.15, 0.2) is 48.5 Å². The molecule has 142 valence electrons. The van der Waals surface area contributed by atoms with Gasteiger partial charge in [0.05, 0.1) is 13.7 Å². The fourth-order valence-electron chi connectivity index (χ4n) is 3.11. The lowest BCUT2D eigenvalue weighted by molar-refractivity contribution is -0.114. The van der Waals surface area contributed by atoms with Crippen molar-refractivity contribution in [3.05, 3.63) is 54.1 Å². The third-order valence-corrected chi connectivity index (χ3v) is 4.58. The number of hydrogen-bond acceptors (Lipinski definition) is 4. The number of anilines is 2. The third-order valence-electron chi connectivity index (χ3n) is 4.58. The first kappa shape index (κ1) is 18.8. The van der Waals surface area contributed by atoms with Gasteiger partial charge in [-0.1, -0.05) is 6.07 Å². The van der Waals surface area contributed by atoms with Crippen LogP contribution in [0.2, 0.25) is 0 Å². The van der Waals surface area contributed by atoms with Gasteiger partial charge in [-0.15, -0.1) is 0 Å². The van der Waals surface area contributed by atoms with E-state index in [-0.39, 0.29) is 18.4 Å². The van der Waals surface area contributed by atoms with E-state index in [4.69, 9.17) is 4.74 Å². The van der Waals surface area contributed by atoms with Crippen molar-refractivity contribution in [3.8, 4) is 5.75 Å². The number of carbonyl (C=O) groups is 2. The lowest BCUT2D eigenvalue weighted by Gasteiger charge is -2.26. The van der Waals surface area contributed by atoms with Crippen LogP contribution in [0, 0.1) is 0 Å². The molecule has 2 aromatic rings. The number of methoxy groups -OCH3 is 1. The molecule has 0 bridgehead atoms. The summed E-state index contributed by atoms with van der Waals surface area (Å²) in [5.41, 5.74) is 2.07. The standard InChI is InChI=1S/C21H25N3O3/c1-27-19-10-8-17(9-11-19)22-15-20(25)23-18-7-5-6-16(14-18)21(26)24-12-3-2-4-13-24/h5-11,14,22H,2-4,12-13,15H2,1H3,(H,23,25). The number of carbonyl (C=O) groups excluding carboxylic acids is 2. The van der Waals surface area contributed by atoms with Crippen LogP contribution in [0.4, 0.5) is 11.4 Å². The highest BCUT2D eigenvalue weighted by Crippen LogP contribution is 2.17. The topological polar surface area (TPSA) is 70.7 Å². The summed E-state index contributed by atoms with van der Waals surface area (Å²) in [6, 6.07) is 14.5. The van der Waals surface area contributed by atoms with Crippen LogP contribution in [-0.2, 0) is 4.79 Å². The molecule has 0 aromatic heterocycles. The van der Waals surface area contributed by atoms with Crippen LogP contribution in [0.5, 0.6) is 5.75 Å². The van der Waals surface area contributed by atoms with E-state index >= 15 is 0 Å². The van der Waals surface area contributed by atoms with Crippen LogP contribution in [0.25, 0.3) is 0 Å². The maximum absolute atomic E-state index is 12.6. The zero-order valence-electron chi connectivity index (χ0n) is 15.5. The van der Waals surface area contributed by atoms with E-state index in [1.54, 1.807) is 31.4 Å². The van der Waals surface area contributed by atoms with E-state index in [2.05, 4.69) is 10.6 Å². The Morgan fingerprint density at radius 3 is 2.44 bits per heavy atom. The number of piperidine rings is 1. The van der Waals surface area contributed by atoms with Crippen LogP contribution in [0.1, 0.15) is 29.6 Å². The van der Waals surface area contributed by atoms with Crippen molar-refractivity contribution >= 4 is 23.2 Å². The molecule has 3 rings (SSSR count). The Morgan fingerprint density at radius 2 is 1.74 bits per heavy atom. The van der Waals surface area contributed by atoms with E-state index in [0.29, 0.717) is 11.3 Å². The largest absolute Gasteiger partial charge is 0.497 e. The van der Waals surface area contributed by atoms with Crippen molar-refractivity contribution in [3.63, 3.8) is 0 Å². The Bertz CT molecular complexity index is 784. The second-order valence-electron chi connectivity index (χ2n) is 6.56. The molecular formula is C21H25N3O3. The quantitative estimate of drug-likeness (QED) is 0.821. The van der Waals surface area contributed by atoms with Gasteiger partial charge in [-0.05, 0) is 61.7 Å². The van der Waals surface area contributed by atoms with Gasteiger partial charge in [0.2, 0.25) is 5.91 Å². The maximum Gasteiger partial charge on any atom is 0.253 e. The highest BCUT2D eigenvalue weighted by Gasteiger charge is 2.18. The monoisotopic (exact) mass is 367 g/mol. The number of nitrogens with zero attached hydrogens (tertiary/aromatic N) is 1. The van der Waals surface area contributed by atoms with Crippen LogP contribution in [-0.4, -0.2) is 43.5 Å². The van der Waals surface area contributed by atoms with Crippen molar-refractivity contribution < 1.29 is 14.3 Å². The normalized spacial score (nSPS) is 13.7. The first-order valence-corrected chi connectivity index (χ1v) is 9.23. The molecule has 1 heterocycles. The summed E-state index contributed by atoms with van der Waals surface area (Å²) in [7, 11) is 1.61. The van der Waals surface area contributed by atoms with Gasteiger partial charge >= 0.3 is 0 Å². The van der Waals surface area contributed by atoms with Crippen LogP contribution >= 0.6 is 0 Å². The van der Waals surface area contributed by atoms with Gasteiger partial charge in [-0.25, -0.2) is 0 Å². The van der Waals surface area contributed by atoms with Gasteiger partial charge in [-0.2, -0.15) is 0 Å². The molecule has 0 radical (unpaired) electrons. The summed E-state index contributed by atoms with van der Waals surface area (Å²) in [6.45, 7) is 1.75. The summed E-state index contributed by atoms with van der Waals surface area (Å²) in [6.07, 6.45) is 3.29. The molecule has 1 aliphatic heterocycles. The summed E-state index contributed by atoms with van der Waals surface area (Å²) in [5, 5.41) is 5.90. The summed E-state index contributed by atoms with van der Waals surface area (Å²) in [5.74, 6) is 0.621. The predicted octanol–water partition coefficient (Wildman–Crippen LogP) is 3.37. The smallest absolute Gasteiger partial charge is 0.253 e. The van der Waals surface area contributed by atoms with Gasteiger partial charge in [0, 0.05) is 30.0 Å². The van der Waals surface area contributed by atoms with E-state index in [1.165, 1.54) is 6.42 Å². The fraction of sp³-hybridized carbons (Fsp3) is 0.333. The molecule has 2 amide bonds. The summed E-state index contributed by atoms with van der Waals surface area (Å²) in [4.78, 5) is 26.7. The Hall–Kier alpha value is -3.02. The van der Waals surface area contributed by atoms with Crippen molar-refractivity contribution in [1.29, 1.82) is 0 Å². The molecule has 2 N–H and O–H groups in total. The van der Waals surface area contributed by atoms with Gasteiger partial charge < -0.3 is 20.3 Å². The average molecular weight is 367 g/mol. The minimum absolute atomic E-state index is 0.0298. The minimum Gasteiger partial charge on any atom is -0.497 e. The average Bonchev–Trinajstić information content (AvgIpc) is 2.73. The number of nitrogens with one attached hydrogen (secondary N) is 2. The van der Waals surface area contributed by atoms with Crippen molar-refractivity contribution in [1.82, 2.24) is 4.90 Å². The molecule has 1 saturated heterocycles. The summed E-state index contributed by atoms with van der Waals surface area (Å²) >= 11 is 0. The van der Waals surface area contributed by atoms with Crippen LogP contribution in [0.3, 0.4) is 0 Å². The van der Waals surface area contributed by atoms with E-state index in [1.807, 2.05) is 29.2 Å². The lowest BCUT2D eigenvalue weighted by atomic mass is 10.1. The molecule has 6 heteroatoms. The summed E-state index contributed by atoms with van der Waals surface area (Å²) < 4.78 is 5.11. The Morgan fingerprint density at radius 1 is 1.00 bits per heavy atom. The molecule has 6 nitrogen and oxygen atoms in total. The Kier molecular flexibility index (Phi) is 6.30. The van der Waals surface area contributed by atoms with Gasteiger partial charge in [0.1, 0.15) is 5.75 Å². The molecule has 0 spiro atoms. The minimum atomic E-state index is -0.173. The highest BCUT2D eigenvalue weighted by molar-refractivity contribution is 5.98. The number of hydrogen-bond donors (Lipinski definition) is 2. The SMILES string of the molecule is COc1ccc(NCC(=O)Nc2cccc(C(=O)N3CCCCC3)c2)cc1. The molecular weight excluding hydrogens is 342 g/mol. The number of ether oxygens (including phenoxy) is 1. The second-order valence-corrected chi connectivity index (χ2v) is 6.56. The zero-order valence-corrected chi connectivity index (χ0v) is 15.5. The third kappa shape index (κ3) is 5.23. The van der Waals surface area contributed by atoms with E-state index in [9.17, 15) is 9.59 Å². The number of likely N-dealkylation sites (tertiary alicyclic amines) is 1. The van der Waals surface area contributed by atoms with E-state index < -0.39 is 0 Å². The number of benzene rings is 2. The number of rotatable bonds is 6. The zero-order chi connectivity index (χ0) is 19.1. The molecule has 0 unspecified atom stereocenters. The molecule has 0 atom stereocenters. The first-order valence-electron chi connectivity index (χ1n) is 9.23. The fourth-order valence-corrected chi connectivity index (χ4v) is 3.11. The molecule has 2 aromatic carbocycles. The van der Waals surface area contributed by atoms with Crippen molar-refractivity contribution in [2.24, 2.45) is 0 Å². The Labute approximate surface area is 159 Å². The maximum atomic E-state index is 12.6. The Balaban J connectivity index is 1.55. The van der Waals surface area contributed by atoms with Gasteiger partial charge in [-0.3, -0.25) is 9.59 Å². The molecule has 0 saturated carbocycles. The van der Waals surface area contributed by atoms with Gasteiger partial charge in [0.25, 0.3) is 5.91 Å². The molecule has 27 heavy (non-hydrogen) atoms. The second kappa shape index (κ2) is 9.07. The lowest BCUT2D eigenvalue weighted by Crippen LogP contribution is -2.35.